The lowest BCUT2D eigenvalue weighted by atomic mass is 9.95. The normalized spacial score (nSPS) is 22.6. The van der Waals surface area contributed by atoms with Gasteiger partial charge in [0, 0.05) is 88.6 Å². The summed E-state index contributed by atoms with van der Waals surface area (Å²) in [7, 11) is 3.56. The largest absolute Gasteiger partial charge is 0.370 e. The highest BCUT2D eigenvalue weighted by Crippen LogP contribution is 2.39. The van der Waals surface area contributed by atoms with Crippen molar-refractivity contribution in [2.45, 2.75) is 69.5 Å². The van der Waals surface area contributed by atoms with Crippen molar-refractivity contribution in [2.24, 2.45) is 5.92 Å². The third-order valence-electron chi connectivity index (χ3n) is 13.2. The maximum atomic E-state index is 13.4. The van der Waals surface area contributed by atoms with E-state index in [2.05, 4.69) is 41.0 Å². The van der Waals surface area contributed by atoms with Crippen LogP contribution in [0.2, 0.25) is 0 Å². The van der Waals surface area contributed by atoms with Gasteiger partial charge in [0.1, 0.15) is 17.2 Å². The number of hydrazine groups is 1. The summed E-state index contributed by atoms with van der Waals surface area (Å²) in [6.07, 6.45) is 11.4. The molecular formula is C42H48N12O5. The van der Waals surface area contributed by atoms with E-state index in [1.165, 1.54) is 0 Å². The molecule has 4 saturated heterocycles. The molecular weight excluding hydrogens is 753 g/mol. The van der Waals surface area contributed by atoms with E-state index in [4.69, 9.17) is 9.97 Å². The van der Waals surface area contributed by atoms with Gasteiger partial charge in [0.15, 0.2) is 0 Å². The van der Waals surface area contributed by atoms with Gasteiger partial charge in [-0.05, 0) is 74.4 Å². The topological polar surface area (TPSA) is 172 Å². The first-order chi connectivity index (χ1) is 28.6. The van der Waals surface area contributed by atoms with Gasteiger partial charge in [-0.25, -0.2) is 19.8 Å². The number of amides is 6. The second-order valence-corrected chi connectivity index (χ2v) is 17.0. The molecule has 1 aliphatic carbocycles. The Balaban J connectivity index is 0.728. The molecule has 0 spiro atoms. The summed E-state index contributed by atoms with van der Waals surface area (Å²) in [6.45, 7) is 4.79. The van der Waals surface area contributed by atoms with Gasteiger partial charge in [-0.3, -0.25) is 29.4 Å². The number of piperidine rings is 1. The molecule has 2 atom stereocenters. The number of pyridine rings is 1. The number of hydrogen-bond donors (Lipinski definition) is 2. The van der Waals surface area contributed by atoms with Gasteiger partial charge < -0.3 is 24.6 Å². The molecule has 306 valence electrons. The number of piperazine rings is 1. The molecule has 17 heteroatoms. The monoisotopic (exact) mass is 800 g/mol. The van der Waals surface area contributed by atoms with E-state index in [-0.39, 0.29) is 36.0 Å². The van der Waals surface area contributed by atoms with Gasteiger partial charge in [-0.2, -0.15) is 9.99 Å². The number of aromatic nitrogens is 4. The molecule has 4 aromatic rings. The second kappa shape index (κ2) is 14.6. The predicted octanol–water partition coefficient (Wildman–Crippen LogP) is 4.02. The average molecular weight is 801 g/mol. The average Bonchev–Trinajstić information content (AvgIpc) is 4.08. The van der Waals surface area contributed by atoms with Crippen molar-refractivity contribution >= 4 is 63.8 Å². The quantitative estimate of drug-likeness (QED) is 0.234. The van der Waals surface area contributed by atoms with Crippen LogP contribution in [0.3, 0.4) is 0 Å². The van der Waals surface area contributed by atoms with Crippen LogP contribution in [0, 0.1) is 5.92 Å². The molecule has 0 unspecified atom stereocenters. The van der Waals surface area contributed by atoms with Crippen LogP contribution in [0.1, 0.15) is 88.6 Å². The number of likely N-dealkylation sites (tertiary alicyclic amines) is 1. The highest BCUT2D eigenvalue weighted by molar-refractivity contribution is 6.22. The summed E-state index contributed by atoms with van der Waals surface area (Å²) >= 11 is 0. The summed E-state index contributed by atoms with van der Waals surface area (Å²) in [5, 5.41) is 8.22. The number of nitrogens with zero attached hydrogens (tertiary/aromatic N) is 10. The summed E-state index contributed by atoms with van der Waals surface area (Å²) in [5.74, 6) is 0.174. The number of carbonyl (C=O) groups is 5. The van der Waals surface area contributed by atoms with Crippen molar-refractivity contribution in [2.75, 3.05) is 68.5 Å². The van der Waals surface area contributed by atoms with Crippen molar-refractivity contribution in [3.8, 4) is 0 Å². The number of nitrogens with one attached hydrogen (secondary N) is 2. The minimum atomic E-state index is -0.764. The number of rotatable bonds is 9. The number of urea groups is 1. The molecule has 17 nitrogen and oxygen atoms in total. The summed E-state index contributed by atoms with van der Waals surface area (Å²) in [6, 6.07) is 11.6. The van der Waals surface area contributed by atoms with E-state index in [1.54, 1.807) is 37.3 Å². The molecule has 5 aliphatic heterocycles. The number of benzene rings is 1. The number of fused-ring (bicyclic) bond motifs is 4. The highest BCUT2D eigenvalue weighted by atomic mass is 16.2. The van der Waals surface area contributed by atoms with Crippen molar-refractivity contribution in [1.29, 1.82) is 0 Å². The summed E-state index contributed by atoms with van der Waals surface area (Å²) in [5.41, 5.74) is 3.99. The van der Waals surface area contributed by atoms with Crippen LogP contribution in [0.5, 0.6) is 0 Å². The van der Waals surface area contributed by atoms with Crippen LogP contribution < -0.4 is 20.4 Å². The van der Waals surface area contributed by atoms with Crippen molar-refractivity contribution in [3.63, 3.8) is 0 Å². The lowest BCUT2D eigenvalue weighted by Crippen LogP contribution is -2.58. The van der Waals surface area contributed by atoms with Crippen molar-refractivity contribution in [1.82, 2.24) is 44.7 Å². The maximum absolute atomic E-state index is 13.4. The number of anilines is 4. The minimum Gasteiger partial charge on any atom is -0.370 e. The molecule has 6 aliphatic rings. The van der Waals surface area contributed by atoms with Crippen LogP contribution in [0.4, 0.5) is 27.9 Å². The lowest BCUT2D eigenvalue weighted by Gasteiger charge is -2.39. The fourth-order valence-electron chi connectivity index (χ4n) is 10.1. The zero-order valence-electron chi connectivity index (χ0n) is 33.3. The molecule has 10 rings (SSSR count). The van der Waals surface area contributed by atoms with E-state index >= 15 is 0 Å². The lowest BCUT2D eigenvalue weighted by molar-refractivity contribution is -0.122. The Hall–Kier alpha value is -6.10. The zero-order valence-corrected chi connectivity index (χ0v) is 33.3. The van der Waals surface area contributed by atoms with E-state index in [1.807, 2.05) is 24.4 Å². The number of carbonyl (C=O) groups excluding carboxylic acids is 5. The molecule has 1 saturated carbocycles. The van der Waals surface area contributed by atoms with Gasteiger partial charge in [0.2, 0.25) is 11.9 Å². The van der Waals surface area contributed by atoms with Gasteiger partial charge in [-0.15, -0.1) is 0 Å². The van der Waals surface area contributed by atoms with Gasteiger partial charge in [0.05, 0.1) is 29.6 Å². The fraction of sp³-hybridized carbons (Fsp3) is 0.476. The van der Waals surface area contributed by atoms with Gasteiger partial charge in [0.25, 0.3) is 17.7 Å². The zero-order chi connectivity index (χ0) is 40.5. The number of hydrogen-bond acceptors (Lipinski definition) is 12. The number of imide groups is 2. The maximum Gasteiger partial charge on any atom is 0.343 e. The molecule has 2 N–H and O–H groups in total. The van der Waals surface area contributed by atoms with Crippen LogP contribution in [-0.2, 0) is 4.79 Å². The Bertz CT molecular complexity index is 2370. The Kier molecular flexibility index (Phi) is 9.22. The van der Waals surface area contributed by atoms with Crippen LogP contribution >= 0.6 is 0 Å². The second-order valence-electron chi connectivity index (χ2n) is 17.0. The molecule has 5 fully saturated rings. The molecule has 59 heavy (non-hydrogen) atoms. The van der Waals surface area contributed by atoms with Crippen molar-refractivity contribution < 1.29 is 24.0 Å². The predicted molar refractivity (Wildman–Crippen MR) is 218 cm³/mol. The first kappa shape index (κ1) is 37.2. The summed E-state index contributed by atoms with van der Waals surface area (Å²) in [4.78, 5) is 86.9. The molecule has 8 heterocycles. The third-order valence-corrected chi connectivity index (χ3v) is 13.2. The molecule has 0 radical (unpaired) electrons. The molecule has 1 aromatic carbocycles. The Morgan fingerprint density at radius 2 is 1.63 bits per heavy atom. The molecule has 3 aromatic heterocycles. The van der Waals surface area contributed by atoms with E-state index in [0.717, 1.165) is 110 Å². The summed E-state index contributed by atoms with van der Waals surface area (Å²) < 4.78 is 2.12. The van der Waals surface area contributed by atoms with Crippen LogP contribution in [-0.4, -0.2) is 134 Å². The first-order valence-electron chi connectivity index (χ1n) is 20.8. The van der Waals surface area contributed by atoms with Crippen LogP contribution in [0.15, 0.2) is 48.8 Å². The Morgan fingerprint density at radius 1 is 0.847 bits per heavy atom. The Labute approximate surface area is 341 Å². The van der Waals surface area contributed by atoms with Crippen molar-refractivity contribution in [3.05, 3.63) is 65.6 Å². The Morgan fingerprint density at radius 3 is 2.34 bits per heavy atom. The SMILES string of the molecule is CN(C)C(=O)c1cc2cnc(Nc3ccc(N4CCC(CN5C[C@@H]6C[C@H]5CN6c5ccc6c(c5)C(=O)N(N5CCC(=O)NC5=O)C6=O)CC4)cn3)nc2n1C1CCCC1. The minimum absolute atomic E-state index is 0.0223. The first-order valence-corrected chi connectivity index (χ1v) is 20.8. The van der Waals surface area contributed by atoms with E-state index < -0.39 is 23.8 Å². The van der Waals surface area contributed by atoms with Crippen LogP contribution in [0.25, 0.3) is 11.0 Å². The smallest absolute Gasteiger partial charge is 0.343 e. The van der Waals surface area contributed by atoms with E-state index in [9.17, 15) is 24.0 Å². The molecule has 6 amide bonds. The van der Waals surface area contributed by atoms with E-state index in [0.29, 0.717) is 35.5 Å². The molecule has 2 bridgehead atoms. The van der Waals surface area contributed by atoms with Gasteiger partial charge >= 0.3 is 6.03 Å². The fourth-order valence-corrected chi connectivity index (χ4v) is 10.1. The highest BCUT2D eigenvalue weighted by Gasteiger charge is 2.46. The standard InChI is InChI=1S/C42H48N12O5/c1-48(2)40(58)34-17-26-20-44-41(47-37(26)53(34)27-5-3-4-6-27)45-35-10-8-29(21-43-35)49-14-11-25(12-15-49)22-50-23-31-18-30(50)24-51(31)28-7-9-32-33(19-28)39(57)54(38(32)56)52-16-13-36(55)46-42(52)59/h7-10,17,19-21,25,27,30-31H,3-6,11-16,18,22-24H2,1-2H3,(H,46,55,59)(H,43,44,45,47)/t30-,31-/m0/s1. The van der Waals surface area contributed by atoms with Gasteiger partial charge in [-0.1, -0.05) is 12.8 Å². The third kappa shape index (κ3) is 6.60.